The molecule has 1 N–H and O–H groups in total. The van der Waals surface area contributed by atoms with Crippen molar-refractivity contribution in [3.05, 3.63) is 107 Å². The predicted octanol–water partition coefficient (Wildman–Crippen LogP) is 6.33. The summed E-state index contributed by atoms with van der Waals surface area (Å²) in [4.78, 5) is 19.5. The van der Waals surface area contributed by atoms with Gasteiger partial charge in [-0.1, -0.05) is 29.0 Å². The molecular formula is C25H17ClFN3O4S2. The Hall–Kier alpha value is -3.73. The Labute approximate surface area is 214 Å². The summed E-state index contributed by atoms with van der Waals surface area (Å²) in [6.07, 6.45) is 1.52. The number of aromatic nitrogens is 1. The van der Waals surface area contributed by atoms with Crippen molar-refractivity contribution >= 4 is 59.9 Å². The number of halogens is 2. The number of carbonyl (C=O) groups excluding carboxylic acids is 1. The number of furan rings is 1. The van der Waals surface area contributed by atoms with Crippen molar-refractivity contribution in [2.24, 2.45) is 0 Å². The first-order chi connectivity index (χ1) is 17.3. The SMILES string of the molecule is O=C(c1ccc(NS(=O)(=O)c2ccc(F)cc2)cc1)N(Cc1ccco1)c1nc2c(Cl)cccc2s1. The molecule has 182 valence electrons. The molecule has 0 atom stereocenters. The second kappa shape index (κ2) is 9.73. The van der Waals surface area contributed by atoms with E-state index in [0.717, 1.165) is 16.8 Å². The van der Waals surface area contributed by atoms with Crippen LogP contribution in [0.25, 0.3) is 10.2 Å². The number of nitrogens with zero attached hydrogens (tertiary/aromatic N) is 2. The third-order valence-corrected chi connectivity index (χ3v) is 7.98. The minimum atomic E-state index is -3.92. The van der Waals surface area contributed by atoms with E-state index < -0.39 is 15.8 Å². The van der Waals surface area contributed by atoms with E-state index in [4.69, 9.17) is 16.0 Å². The molecule has 5 rings (SSSR count). The van der Waals surface area contributed by atoms with Crippen LogP contribution in [0, 0.1) is 5.82 Å². The summed E-state index contributed by atoms with van der Waals surface area (Å²) >= 11 is 7.61. The standard InChI is InChI=1S/C25H17ClFN3O4S2/c26-21-4-1-5-22-23(21)28-25(35-22)30(15-19-3-2-14-34-19)24(31)16-6-10-18(11-7-16)29-36(32,33)20-12-8-17(27)9-13-20/h1-14,29H,15H2. The van der Waals surface area contributed by atoms with Gasteiger partial charge < -0.3 is 4.42 Å². The Morgan fingerprint density at radius 3 is 2.44 bits per heavy atom. The number of sulfonamides is 1. The summed E-state index contributed by atoms with van der Waals surface area (Å²) in [6, 6.07) is 19.4. The molecule has 0 saturated carbocycles. The van der Waals surface area contributed by atoms with Crippen molar-refractivity contribution in [2.75, 3.05) is 9.62 Å². The largest absolute Gasteiger partial charge is 0.467 e. The Morgan fingerprint density at radius 2 is 1.78 bits per heavy atom. The summed E-state index contributed by atoms with van der Waals surface area (Å²) in [5.41, 5.74) is 1.17. The average molecular weight is 542 g/mol. The number of para-hydroxylation sites is 1. The van der Waals surface area contributed by atoms with Crippen molar-refractivity contribution in [3.8, 4) is 0 Å². The lowest BCUT2D eigenvalue weighted by atomic mass is 10.2. The van der Waals surface area contributed by atoms with Gasteiger partial charge in [-0.05, 0) is 72.8 Å². The maximum atomic E-state index is 13.5. The van der Waals surface area contributed by atoms with Gasteiger partial charge in [0.2, 0.25) is 0 Å². The fraction of sp³-hybridized carbons (Fsp3) is 0.0400. The van der Waals surface area contributed by atoms with E-state index in [2.05, 4.69) is 9.71 Å². The maximum absolute atomic E-state index is 13.5. The van der Waals surface area contributed by atoms with Crippen molar-refractivity contribution in [2.45, 2.75) is 11.4 Å². The van der Waals surface area contributed by atoms with Gasteiger partial charge in [0.15, 0.2) is 5.13 Å². The first-order valence-corrected chi connectivity index (χ1v) is 13.3. The fourth-order valence-electron chi connectivity index (χ4n) is 3.47. The minimum Gasteiger partial charge on any atom is -0.467 e. The first-order valence-electron chi connectivity index (χ1n) is 10.6. The van der Waals surface area contributed by atoms with Crippen molar-refractivity contribution in [1.29, 1.82) is 0 Å². The van der Waals surface area contributed by atoms with E-state index >= 15 is 0 Å². The third kappa shape index (κ3) is 4.97. The van der Waals surface area contributed by atoms with Crippen molar-refractivity contribution in [3.63, 3.8) is 0 Å². The number of thiazole rings is 1. The van der Waals surface area contributed by atoms with Crippen LogP contribution in [0.15, 0.2) is 94.4 Å². The molecule has 2 heterocycles. The van der Waals surface area contributed by atoms with Gasteiger partial charge in [0.05, 0.1) is 27.4 Å². The van der Waals surface area contributed by atoms with Crippen LogP contribution in [0.3, 0.4) is 0 Å². The van der Waals surface area contributed by atoms with Gasteiger partial charge in [-0.15, -0.1) is 0 Å². The monoisotopic (exact) mass is 541 g/mol. The van der Waals surface area contributed by atoms with Crippen LogP contribution in [0.5, 0.6) is 0 Å². The van der Waals surface area contributed by atoms with Crippen LogP contribution in [-0.4, -0.2) is 19.3 Å². The zero-order chi connectivity index (χ0) is 25.3. The highest BCUT2D eigenvalue weighted by Gasteiger charge is 2.24. The number of benzene rings is 3. The molecular weight excluding hydrogens is 525 g/mol. The molecule has 3 aromatic carbocycles. The van der Waals surface area contributed by atoms with Crippen molar-refractivity contribution in [1.82, 2.24) is 4.98 Å². The molecule has 11 heteroatoms. The van der Waals surface area contributed by atoms with Crippen LogP contribution in [-0.2, 0) is 16.6 Å². The van der Waals surface area contributed by atoms with Gasteiger partial charge in [-0.2, -0.15) is 0 Å². The lowest BCUT2D eigenvalue weighted by Gasteiger charge is -2.19. The van der Waals surface area contributed by atoms with Gasteiger partial charge >= 0.3 is 0 Å². The summed E-state index contributed by atoms with van der Waals surface area (Å²) in [6.45, 7) is 0.141. The van der Waals surface area contributed by atoms with Crippen molar-refractivity contribution < 1.29 is 22.0 Å². The second-order valence-electron chi connectivity index (χ2n) is 7.69. The van der Waals surface area contributed by atoms with Gasteiger partial charge in [0.1, 0.15) is 17.1 Å². The van der Waals surface area contributed by atoms with Crippen LogP contribution in [0.2, 0.25) is 5.02 Å². The fourth-order valence-corrected chi connectivity index (χ4v) is 5.79. The molecule has 0 unspecified atom stereocenters. The number of amides is 1. The summed E-state index contributed by atoms with van der Waals surface area (Å²) in [5, 5.41) is 0.929. The van der Waals surface area contributed by atoms with E-state index in [0.29, 0.717) is 27.0 Å². The van der Waals surface area contributed by atoms with Gasteiger partial charge in [0.25, 0.3) is 15.9 Å². The Bertz CT molecular complexity index is 1640. The van der Waals surface area contributed by atoms with Crippen LogP contribution >= 0.6 is 22.9 Å². The van der Waals surface area contributed by atoms with Crippen LogP contribution < -0.4 is 9.62 Å². The number of fused-ring (bicyclic) bond motifs is 1. The minimum absolute atomic E-state index is 0.0804. The number of carbonyl (C=O) groups is 1. The quantitative estimate of drug-likeness (QED) is 0.260. The summed E-state index contributed by atoms with van der Waals surface area (Å²) < 4.78 is 47.0. The van der Waals surface area contributed by atoms with Gasteiger partial charge in [0, 0.05) is 11.3 Å². The second-order valence-corrected chi connectivity index (χ2v) is 10.8. The molecule has 36 heavy (non-hydrogen) atoms. The number of rotatable bonds is 7. The molecule has 0 saturated heterocycles. The smallest absolute Gasteiger partial charge is 0.261 e. The molecule has 0 radical (unpaired) electrons. The van der Waals surface area contributed by atoms with E-state index in [-0.39, 0.29) is 23.0 Å². The number of anilines is 2. The summed E-state index contributed by atoms with van der Waals surface area (Å²) in [5.74, 6) is -0.321. The summed E-state index contributed by atoms with van der Waals surface area (Å²) in [7, 11) is -3.92. The molecule has 0 spiro atoms. The molecule has 7 nitrogen and oxygen atoms in total. The molecule has 1 amide bonds. The highest BCUT2D eigenvalue weighted by molar-refractivity contribution is 7.92. The topological polar surface area (TPSA) is 92.5 Å². The lowest BCUT2D eigenvalue weighted by molar-refractivity contribution is 0.0983. The van der Waals surface area contributed by atoms with E-state index in [1.807, 2.05) is 12.1 Å². The Morgan fingerprint density at radius 1 is 1.03 bits per heavy atom. The molecule has 0 bridgehead atoms. The molecule has 0 aliphatic rings. The third-order valence-electron chi connectivity index (χ3n) is 5.24. The molecule has 0 aliphatic heterocycles. The number of hydrogen-bond donors (Lipinski definition) is 1. The van der Waals surface area contributed by atoms with Gasteiger partial charge in [-0.25, -0.2) is 17.8 Å². The maximum Gasteiger partial charge on any atom is 0.261 e. The highest BCUT2D eigenvalue weighted by Crippen LogP contribution is 2.34. The number of nitrogens with one attached hydrogen (secondary N) is 1. The van der Waals surface area contributed by atoms with Crippen LogP contribution in [0.4, 0.5) is 15.2 Å². The highest BCUT2D eigenvalue weighted by atomic mass is 35.5. The first kappa shape index (κ1) is 24.0. The van der Waals surface area contributed by atoms with E-state index in [1.54, 1.807) is 18.2 Å². The van der Waals surface area contributed by atoms with Gasteiger partial charge in [-0.3, -0.25) is 14.4 Å². The molecule has 0 fully saturated rings. The number of hydrogen-bond acceptors (Lipinski definition) is 6. The van der Waals surface area contributed by atoms with Crippen LogP contribution in [0.1, 0.15) is 16.1 Å². The average Bonchev–Trinajstić information content (AvgIpc) is 3.53. The zero-order valence-electron chi connectivity index (χ0n) is 18.4. The Kier molecular flexibility index (Phi) is 6.48. The predicted molar refractivity (Wildman–Crippen MR) is 138 cm³/mol. The lowest BCUT2D eigenvalue weighted by Crippen LogP contribution is -2.30. The van der Waals surface area contributed by atoms with E-state index in [9.17, 15) is 17.6 Å². The van der Waals surface area contributed by atoms with E-state index in [1.165, 1.54) is 58.9 Å². The normalized spacial score (nSPS) is 11.5. The Balaban J connectivity index is 1.42. The molecule has 0 aliphatic carbocycles. The molecule has 5 aromatic rings. The molecule has 2 aromatic heterocycles. The zero-order valence-corrected chi connectivity index (χ0v) is 20.8.